The van der Waals surface area contributed by atoms with Gasteiger partial charge < -0.3 is 10.1 Å². The predicted octanol–water partition coefficient (Wildman–Crippen LogP) is 4.77. The molecule has 1 aromatic carbocycles. The fourth-order valence-corrected chi connectivity index (χ4v) is 3.09. The number of aryl methyl sites for hydroxylation is 1. The van der Waals surface area contributed by atoms with Crippen molar-refractivity contribution in [2.24, 2.45) is 0 Å². The van der Waals surface area contributed by atoms with Gasteiger partial charge in [0.15, 0.2) is 0 Å². The van der Waals surface area contributed by atoms with E-state index in [0.29, 0.717) is 6.04 Å². The third kappa shape index (κ3) is 3.17. The van der Waals surface area contributed by atoms with Crippen LogP contribution in [0.4, 0.5) is 0 Å². The molecule has 0 radical (unpaired) electrons. The summed E-state index contributed by atoms with van der Waals surface area (Å²) in [5, 5.41) is 3.74. The first-order valence-electron chi connectivity index (χ1n) is 8.17. The van der Waals surface area contributed by atoms with Crippen molar-refractivity contribution in [2.45, 2.75) is 71.4 Å². The second-order valence-corrected chi connectivity index (χ2v) is 6.10. The topological polar surface area (TPSA) is 21.3 Å². The van der Waals surface area contributed by atoms with E-state index in [1.165, 1.54) is 24.0 Å². The molecule has 1 unspecified atom stereocenters. The normalized spacial score (nSPS) is 20.3. The summed E-state index contributed by atoms with van der Waals surface area (Å²) in [6.45, 7) is 9.96. The third-order valence-electron chi connectivity index (χ3n) is 4.66. The van der Waals surface area contributed by atoms with E-state index in [4.69, 9.17) is 4.74 Å². The molecule has 0 spiro atoms. The lowest BCUT2D eigenvalue weighted by Gasteiger charge is -2.42. The number of hydrogen-bond acceptors (Lipinski definition) is 2. The van der Waals surface area contributed by atoms with Crippen LogP contribution in [0.1, 0.15) is 70.0 Å². The number of unbranched alkanes of at least 4 members (excludes halogenated alkanes) is 1. The molecule has 2 rings (SSSR count). The van der Waals surface area contributed by atoms with Gasteiger partial charge in [0.1, 0.15) is 11.4 Å². The van der Waals surface area contributed by atoms with Crippen LogP contribution in [-0.2, 0) is 0 Å². The largest absolute Gasteiger partial charge is 0.487 e. The van der Waals surface area contributed by atoms with E-state index >= 15 is 0 Å². The van der Waals surface area contributed by atoms with Crippen LogP contribution in [0.25, 0.3) is 0 Å². The fourth-order valence-electron chi connectivity index (χ4n) is 3.09. The van der Waals surface area contributed by atoms with Crippen LogP contribution in [-0.4, -0.2) is 12.1 Å². The minimum atomic E-state index is 0.00464. The Morgan fingerprint density at radius 1 is 1.25 bits per heavy atom. The van der Waals surface area contributed by atoms with Gasteiger partial charge in [-0.3, -0.25) is 0 Å². The number of ether oxygens (including phenoxy) is 1. The summed E-state index contributed by atoms with van der Waals surface area (Å²) in [4.78, 5) is 0. The molecule has 20 heavy (non-hydrogen) atoms. The lowest BCUT2D eigenvalue weighted by atomic mass is 9.83. The van der Waals surface area contributed by atoms with E-state index in [0.717, 1.165) is 31.6 Å². The van der Waals surface area contributed by atoms with Crippen molar-refractivity contribution in [1.29, 1.82) is 0 Å². The third-order valence-corrected chi connectivity index (χ3v) is 4.66. The zero-order chi connectivity index (χ0) is 14.6. The number of fused-ring (bicyclic) bond motifs is 1. The molecule has 1 N–H and O–H groups in total. The number of nitrogens with one attached hydrogen (secondary N) is 1. The monoisotopic (exact) mass is 275 g/mol. The molecule has 0 bridgehead atoms. The fraction of sp³-hybridized carbons (Fsp3) is 0.667. The van der Waals surface area contributed by atoms with Crippen molar-refractivity contribution in [2.75, 3.05) is 6.54 Å². The van der Waals surface area contributed by atoms with E-state index in [-0.39, 0.29) is 5.60 Å². The SMILES string of the molecule is CCCCNC1CC(CC)(CC)Oc2cc(C)ccc21. The molecule has 0 amide bonds. The van der Waals surface area contributed by atoms with Crippen molar-refractivity contribution >= 4 is 0 Å². The molecule has 0 saturated heterocycles. The average molecular weight is 275 g/mol. The van der Waals surface area contributed by atoms with Crippen LogP contribution >= 0.6 is 0 Å². The predicted molar refractivity (Wildman–Crippen MR) is 85.4 cm³/mol. The van der Waals surface area contributed by atoms with Gasteiger partial charge in [-0.15, -0.1) is 0 Å². The molecule has 0 fully saturated rings. The number of hydrogen-bond donors (Lipinski definition) is 1. The molecule has 0 aliphatic carbocycles. The molecule has 112 valence electrons. The van der Waals surface area contributed by atoms with Gasteiger partial charge in [0.05, 0.1) is 0 Å². The highest BCUT2D eigenvalue weighted by Crippen LogP contribution is 2.43. The summed E-state index contributed by atoms with van der Waals surface area (Å²) in [5.74, 6) is 1.09. The first-order chi connectivity index (χ1) is 9.64. The highest BCUT2D eigenvalue weighted by atomic mass is 16.5. The lowest BCUT2D eigenvalue weighted by Crippen LogP contribution is -2.43. The van der Waals surface area contributed by atoms with Gasteiger partial charge >= 0.3 is 0 Å². The summed E-state index contributed by atoms with van der Waals surface area (Å²) in [6.07, 6.45) is 5.71. The van der Waals surface area contributed by atoms with Crippen LogP contribution < -0.4 is 10.1 Å². The quantitative estimate of drug-likeness (QED) is 0.755. The van der Waals surface area contributed by atoms with E-state index in [1.807, 2.05) is 0 Å². The lowest BCUT2D eigenvalue weighted by molar-refractivity contribution is 0.0227. The van der Waals surface area contributed by atoms with Crippen LogP contribution in [0.3, 0.4) is 0 Å². The zero-order valence-electron chi connectivity index (χ0n) is 13.5. The van der Waals surface area contributed by atoms with Gasteiger partial charge in [0.25, 0.3) is 0 Å². The minimum absolute atomic E-state index is 0.00464. The van der Waals surface area contributed by atoms with Crippen molar-refractivity contribution in [3.8, 4) is 5.75 Å². The molecule has 1 aliphatic rings. The highest BCUT2D eigenvalue weighted by Gasteiger charge is 2.38. The van der Waals surface area contributed by atoms with Gasteiger partial charge in [0, 0.05) is 18.0 Å². The Kier molecular flexibility index (Phi) is 5.09. The molecule has 2 nitrogen and oxygen atoms in total. The molecule has 1 atom stereocenters. The van der Waals surface area contributed by atoms with Gasteiger partial charge in [-0.05, 0) is 44.4 Å². The van der Waals surface area contributed by atoms with Gasteiger partial charge in [0.2, 0.25) is 0 Å². The van der Waals surface area contributed by atoms with E-state index < -0.39 is 0 Å². The maximum absolute atomic E-state index is 6.40. The van der Waals surface area contributed by atoms with Crippen molar-refractivity contribution < 1.29 is 4.74 Å². The highest BCUT2D eigenvalue weighted by molar-refractivity contribution is 5.41. The van der Waals surface area contributed by atoms with Crippen molar-refractivity contribution in [3.05, 3.63) is 29.3 Å². The average Bonchev–Trinajstić information content (AvgIpc) is 2.46. The van der Waals surface area contributed by atoms with E-state index in [2.05, 4.69) is 51.2 Å². The molecule has 1 aliphatic heterocycles. The summed E-state index contributed by atoms with van der Waals surface area (Å²) < 4.78 is 6.40. The van der Waals surface area contributed by atoms with Gasteiger partial charge in [-0.25, -0.2) is 0 Å². The zero-order valence-corrected chi connectivity index (χ0v) is 13.5. The molecule has 0 aromatic heterocycles. The van der Waals surface area contributed by atoms with Crippen LogP contribution in [0.2, 0.25) is 0 Å². The second kappa shape index (κ2) is 6.62. The maximum atomic E-state index is 6.40. The first kappa shape index (κ1) is 15.4. The molecule has 0 saturated carbocycles. The Bertz CT molecular complexity index is 437. The smallest absolute Gasteiger partial charge is 0.125 e. The molecule has 2 heteroatoms. The summed E-state index contributed by atoms with van der Waals surface area (Å²) >= 11 is 0. The Morgan fingerprint density at radius 2 is 2.00 bits per heavy atom. The minimum Gasteiger partial charge on any atom is -0.487 e. The van der Waals surface area contributed by atoms with Crippen LogP contribution in [0.15, 0.2) is 18.2 Å². The Morgan fingerprint density at radius 3 is 2.65 bits per heavy atom. The van der Waals surface area contributed by atoms with Gasteiger partial charge in [-0.1, -0.05) is 39.3 Å². The first-order valence-corrected chi connectivity index (χ1v) is 8.17. The summed E-state index contributed by atoms with van der Waals surface area (Å²) in [6, 6.07) is 7.07. The van der Waals surface area contributed by atoms with Crippen LogP contribution in [0.5, 0.6) is 5.75 Å². The Hall–Kier alpha value is -1.02. The van der Waals surface area contributed by atoms with E-state index in [1.54, 1.807) is 0 Å². The number of benzene rings is 1. The Balaban J connectivity index is 2.26. The standard InChI is InChI=1S/C18H29NO/c1-5-8-11-19-16-13-18(6-2,7-3)20-17-12-14(4)9-10-15(16)17/h9-10,12,16,19H,5-8,11,13H2,1-4H3. The Labute approximate surface area is 123 Å². The summed E-state index contributed by atoms with van der Waals surface area (Å²) in [7, 11) is 0. The number of rotatable bonds is 6. The second-order valence-electron chi connectivity index (χ2n) is 6.10. The van der Waals surface area contributed by atoms with Crippen LogP contribution in [0, 0.1) is 6.92 Å². The molecular formula is C18H29NO. The maximum Gasteiger partial charge on any atom is 0.125 e. The van der Waals surface area contributed by atoms with E-state index in [9.17, 15) is 0 Å². The molecule has 1 heterocycles. The summed E-state index contributed by atoms with van der Waals surface area (Å²) in [5.41, 5.74) is 2.62. The van der Waals surface area contributed by atoms with Crippen molar-refractivity contribution in [1.82, 2.24) is 5.32 Å². The van der Waals surface area contributed by atoms with Gasteiger partial charge in [-0.2, -0.15) is 0 Å². The molecule has 1 aromatic rings. The van der Waals surface area contributed by atoms with Crippen molar-refractivity contribution in [3.63, 3.8) is 0 Å². The molecular weight excluding hydrogens is 246 g/mol.